The van der Waals surface area contributed by atoms with Crippen molar-refractivity contribution in [1.82, 2.24) is 10.2 Å². The van der Waals surface area contributed by atoms with Crippen LogP contribution >= 0.6 is 11.8 Å². The number of amides is 2. The van der Waals surface area contributed by atoms with E-state index in [0.717, 1.165) is 12.8 Å². The third kappa shape index (κ3) is 3.84. The first-order chi connectivity index (χ1) is 9.97. The van der Waals surface area contributed by atoms with E-state index >= 15 is 0 Å². The molecular formula is C15H26N2O3S. The second-order valence-electron chi connectivity index (χ2n) is 6.43. The van der Waals surface area contributed by atoms with Crippen LogP contribution < -0.4 is 5.32 Å². The number of carboxylic acids is 1. The van der Waals surface area contributed by atoms with Crippen LogP contribution in [0.15, 0.2) is 0 Å². The van der Waals surface area contributed by atoms with Gasteiger partial charge in [0.25, 0.3) is 0 Å². The number of aliphatic carboxylic acids is 1. The number of nitrogens with one attached hydrogen (secondary N) is 1. The maximum Gasteiger partial charge on any atom is 0.317 e. The molecule has 1 aliphatic heterocycles. The van der Waals surface area contributed by atoms with Gasteiger partial charge in [-0.05, 0) is 25.0 Å². The van der Waals surface area contributed by atoms with E-state index in [1.165, 1.54) is 19.3 Å². The highest BCUT2D eigenvalue weighted by atomic mass is 32.2. The highest BCUT2D eigenvalue weighted by molar-refractivity contribution is 8.00. The number of carbonyl (C=O) groups is 2. The molecule has 2 aliphatic rings. The van der Waals surface area contributed by atoms with E-state index in [9.17, 15) is 9.59 Å². The highest BCUT2D eigenvalue weighted by Gasteiger charge is 2.38. The fraction of sp³-hybridized carbons (Fsp3) is 0.867. The number of carboxylic acid groups (broad SMARTS) is 1. The largest absolute Gasteiger partial charge is 0.481 e. The second kappa shape index (κ2) is 6.90. The summed E-state index contributed by atoms with van der Waals surface area (Å²) in [4.78, 5) is 25.0. The lowest BCUT2D eigenvalue weighted by Crippen LogP contribution is -2.46. The summed E-state index contributed by atoms with van der Waals surface area (Å²) in [6.07, 6.45) is 8.19. The van der Waals surface area contributed by atoms with Crippen molar-refractivity contribution in [3.8, 4) is 0 Å². The monoisotopic (exact) mass is 314 g/mol. The molecule has 0 aromatic carbocycles. The van der Waals surface area contributed by atoms with Gasteiger partial charge in [-0.25, -0.2) is 4.79 Å². The van der Waals surface area contributed by atoms with Crippen molar-refractivity contribution in [2.24, 2.45) is 11.8 Å². The van der Waals surface area contributed by atoms with Crippen molar-refractivity contribution in [3.63, 3.8) is 0 Å². The molecule has 0 aromatic rings. The minimum Gasteiger partial charge on any atom is -0.481 e. The Balaban J connectivity index is 1.86. The zero-order valence-electron chi connectivity index (χ0n) is 12.9. The molecule has 21 heavy (non-hydrogen) atoms. The Hall–Kier alpha value is -0.910. The van der Waals surface area contributed by atoms with E-state index in [1.54, 1.807) is 4.90 Å². The molecule has 2 N–H and O–H groups in total. The Bertz CT molecular complexity index is 396. The lowest BCUT2D eigenvalue weighted by molar-refractivity contribution is -0.142. The van der Waals surface area contributed by atoms with Crippen molar-refractivity contribution in [3.05, 3.63) is 0 Å². The Kier molecular flexibility index (Phi) is 5.41. The Morgan fingerprint density at radius 3 is 2.48 bits per heavy atom. The molecule has 120 valence electrons. The molecule has 5 nitrogen and oxygen atoms in total. The van der Waals surface area contributed by atoms with Crippen LogP contribution in [0.4, 0.5) is 4.79 Å². The minimum atomic E-state index is -0.800. The number of thioether (sulfide) groups is 1. The SMILES string of the molecule is CSC1(CNC(=O)N2C[C@@H](C)[C@H](C(=O)O)C2)CCCCC1. The number of rotatable bonds is 4. The summed E-state index contributed by atoms with van der Waals surface area (Å²) in [7, 11) is 0. The van der Waals surface area contributed by atoms with E-state index in [4.69, 9.17) is 5.11 Å². The Labute approximate surface area is 130 Å². The van der Waals surface area contributed by atoms with Crippen molar-refractivity contribution in [2.75, 3.05) is 25.9 Å². The molecule has 2 rings (SSSR count). The van der Waals surface area contributed by atoms with Gasteiger partial charge in [0.1, 0.15) is 0 Å². The number of hydrogen-bond acceptors (Lipinski definition) is 3. The lowest BCUT2D eigenvalue weighted by Gasteiger charge is -2.36. The molecule has 2 amide bonds. The summed E-state index contributed by atoms with van der Waals surface area (Å²) in [5.41, 5.74) is 0. The highest BCUT2D eigenvalue weighted by Crippen LogP contribution is 2.38. The Morgan fingerprint density at radius 2 is 1.95 bits per heavy atom. The van der Waals surface area contributed by atoms with Crippen molar-refractivity contribution in [2.45, 2.75) is 43.8 Å². The molecule has 1 aliphatic carbocycles. The average molecular weight is 314 g/mol. The molecule has 1 heterocycles. The Morgan fingerprint density at radius 1 is 1.29 bits per heavy atom. The lowest BCUT2D eigenvalue weighted by atomic mass is 9.88. The predicted octanol–water partition coefficient (Wildman–Crippen LogP) is 2.41. The summed E-state index contributed by atoms with van der Waals surface area (Å²) in [5.74, 6) is -1.21. The fourth-order valence-electron chi connectivity index (χ4n) is 3.45. The van der Waals surface area contributed by atoms with Crippen molar-refractivity contribution in [1.29, 1.82) is 0 Å². The van der Waals surface area contributed by atoms with Gasteiger partial charge < -0.3 is 15.3 Å². The van der Waals surface area contributed by atoms with Gasteiger partial charge in [0.15, 0.2) is 0 Å². The van der Waals surface area contributed by atoms with Gasteiger partial charge in [0.2, 0.25) is 0 Å². The van der Waals surface area contributed by atoms with Crippen LogP contribution in [0.25, 0.3) is 0 Å². The fourth-order valence-corrected chi connectivity index (χ4v) is 4.37. The van der Waals surface area contributed by atoms with Crippen molar-refractivity contribution >= 4 is 23.8 Å². The minimum absolute atomic E-state index is 0.0254. The third-order valence-electron chi connectivity index (χ3n) is 4.98. The number of hydrogen-bond donors (Lipinski definition) is 2. The molecule has 0 spiro atoms. The van der Waals surface area contributed by atoms with E-state index in [1.807, 2.05) is 18.7 Å². The van der Waals surface area contributed by atoms with Gasteiger partial charge in [-0.1, -0.05) is 26.2 Å². The quantitative estimate of drug-likeness (QED) is 0.836. The third-order valence-corrected chi connectivity index (χ3v) is 6.39. The first kappa shape index (κ1) is 16.5. The van der Waals surface area contributed by atoms with Gasteiger partial charge in [-0.2, -0.15) is 11.8 Å². The summed E-state index contributed by atoms with van der Waals surface area (Å²) in [6.45, 7) is 3.45. The maximum atomic E-state index is 12.3. The topological polar surface area (TPSA) is 69.6 Å². The van der Waals surface area contributed by atoms with Crippen LogP contribution in [-0.4, -0.2) is 52.6 Å². The average Bonchev–Trinajstić information content (AvgIpc) is 2.88. The van der Waals surface area contributed by atoms with Gasteiger partial charge >= 0.3 is 12.0 Å². The first-order valence-electron chi connectivity index (χ1n) is 7.78. The van der Waals surface area contributed by atoms with E-state index in [0.29, 0.717) is 19.6 Å². The van der Waals surface area contributed by atoms with E-state index < -0.39 is 11.9 Å². The molecule has 2 fully saturated rings. The molecule has 0 unspecified atom stereocenters. The normalized spacial score (nSPS) is 28.4. The standard InChI is InChI=1S/C15H26N2O3S/c1-11-8-17(9-12(11)13(18)19)14(20)16-10-15(21-2)6-4-3-5-7-15/h11-12H,3-10H2,1-2H3,(H,16,20)(H,18,19)/t11-,12-/m1/s1. The molecule has 0 bridgehead atoms. The number of likely N-dealkylation sites (tertiary alicyclic amines) is 1. The molecule has 6 heteroatoms. The summed E-state index contributed by atoms with van der Waals surface area (Å²) >= 11 is 1.86. The van der Waals surface area contributed by atoms with Gasteiger partial charge in [-0.3, -0.25) is 4.79 Å². The van der Waals surface area contributed by atoms with Gasteiger partial charge in [0, 0.05) is 24.4 Å². The van der Waals surface area contributed by atoms with Gasteiger partial charge in [-0.15, -0.1) is 0 Å². The molecule has 1 saturated heterocycles. The van der Waals surface area contributed by atoms with Crippen LogP contribution in [-0.2, 0) is 4.79 Å². The van der Waals surface area contributed by atoms with E-state index in [-0.39, 0.29) is 16.7 Å². The van der Waals surface area contributed by atoms with Crippen LogP contribution in [0.5, 0.6) is 0 Å². The summed E-state index contributed by atoms with van der Waals surface area (Å²) in [5, 5.41) is 12.2. The van der Waals surface area contributed by atoms with Crippen LogP contribution in [0.3, 0.4) is 0 Å². The first-order valence-corrected chi connectivity index (χ1v) is 9.01. The van der Waals surface area contributed by atoms with Crippen LogP contribution in [0, 0.1) is 11.8 Å². The zero-order chi connectivity index (χ0) is 15.5. The zero-order valence-corrected chi connectivity index (χ0v) is 13.7. The van der Waals surface area contributed by atoms with Crippen LogP contribution in [0.1, 0.15) is 39.0 Å². The second-order valence-corrected chi connectivity index (χ2v) is 7.71. The van der Waals surface area contributed by atoms with Gasteiger partial charge in [0.05, 0.1) is 5.92 Å². The number of nitrogens with zero attached hydrogens (tertiary/aromatic N) is 1. The molecule has 2 atom stereocenters. The molecule has 0 aromatic heterocycles. The maximum absolute atomic E-state index is 12.3. The van der Waals surface area contributed by atoms with Crippen LogP contribution in [0.2, 0.25) is 0 Å². The van der Waals surface area contributed by atoms with E-state index in [2.05, 4.69) is 11.6 Å². The summed E-state index contributed by atoms with van der Waals surface area (Å²) < 4.78 is 0.172. The molecular weight excluding hydrogens is 288 g/mol. The number of carbonyl (C=O) groups excluding carboxylic acids is 1. The molecule has 1 saturated carbocycles. The number of urea groups is 1. The predicted molar refractivity (Wildman–Crippen MR) is 84.6 cm³/mol. The van der Waals surface area contributed by atoms with Crippen molar-refractivity contribution < 1.29 is 14.7 Å². The smallest absolute Gasteiger partial charge is 0.317 e. The molecule has 0 radical (unpaired) electrons. The summed E-state index contributed by atoms with van der Waals surface area (Å²) in [6, 6.07) is -0.107.